The molecule has 30 aromatic rings. The first-order valence-corrected chi connectivity index (χ1v) is 49.7. The second-order valence-electron chi connectivity index (χ2n) is 37.8. The standard InChI is InChI=1S/C46H30FN3.C45H26F3N3.C43H27N5/c1-29-10-5-7-14-39(29)49(40-15-8-6-13-38(40)47)34-22-17-30(18-23-34)35-24-19-31-20-26-37-44-32(21-25-36(35)43(31)44)28-42-45(37)46-41(16-9-27-48-46)50(42)33-11-3-2-4-12-33;46-36-23-24-37(44(48)43(36)47)50(30-8-3-1-4-9-30)32-18-13-27(14-19-32)33-20-15-28-16-22-35-41-29(17-21-34(33)40(28)41)26-39-42(35)45-38(12-7-25-49-45)51(39)31-10-5-2-6-11-31;1-2-9-31(10-3-1)47-36-11-8-26-46-43(36)42-35-23-17-29-16-21-33(34-22-18-30(27-37(42)47)41(35)40(29)34)28-14-19-32(20-15-28)48(38-12-4-6-24-44-38)39-13-5-7-25-45-39/h2-28H,1H3;1-26H;1-27H. The molecule has 0 aliphatic carbocycles. The van der Waals surface area contributed by atoms with Gasteiger partial charge >= 0.3 is 0 Å². The highest BCUT2D eigenvalue weighted by molar-refractivity contribution is 6.37. The van der Waals surface area contributed by atoms with Gasteiger partial charge < -0.3 is 23.5 Å². The molecule has 0 fully saturated rings. The molecule has 8 aromatic heterocycles. The summed E-state index contributed by atoms with van der Waals surface area (Å²) in [7, 11) is 0. The van der Waals surface area contributed by atoms with E-state index in [0.717, 1.165) is 156 Å². The molecule has 0 bridgehead atoms. The van der Waals surface area contributed by atoms with Crippen LogP contribution in [0.2, 0.25) is 0 Å². The number of aromatic nitrogens is 8. The summed E-state index contributed by atoms with van der Waals surface area (Å²) in [6.07, 6.45) is 9.28. The molecule has 0 unspecified atom stereocenters. The normalized spacial score (nSPS) is 11.8. The van der Waals surface area contributed by atoms with E-state index in [1.54, 1.807) is 23.1 Å². The first-order chi connectivity index (χ1) is 73.5. The molecule has 11 nitrogen and oxygen atoms in total. The number of aryl methyl sites for hydroxylation is 1. The SMILES string of the molecule is Cc1ccccc1N(c1ccc(-c2ccc3ccc4c5c(ccc2c35)cc2c4c3ncccc3n2-c2ccccc2)cc1)c1ccccc1F.Fc1ccc(N(c2ccccc2)c2ccc(-c3ccc4ccc5c6c(ccc3c46)cc3c5c4ncccc4n3-c3ccccc3)cc2)c(F)c1F.c1ccc(-n2c3cccnc3c3c4ccc5ccc(-c6ccc(N(c7ccccn7)c7ccccn7)cc6)c6ccc(cc32)c4c56)cc1. The second-order valence-corrected chi connectivity index (χ2v) is 37.8. The maximum absolute atomic E-state index is 15.3. The molecule has 149 heavy (non-hydrogen) atoms. The number of halogens is 4. The Morgan fingerprint density at radius 2 is 0.523 bits per heavy atom. The van der Waals surface area contributed by atoms with Crippen molar-refractivity contribution in [3.63, 3.8) is 0 Å². The van der Waals surface area contributed by atoms with Gasteiger partial charge in [0.15, 0.2) is 17.5 Å². The van der Waals surface area contributed by atoms with Crippen LogP contribution in [0.1, 0.15) is 5.56 Å². The summed E-state index contributed by atoms with van der Waals surface area (Å²) < 4.78 is 65.8. The van der Waals surface area contributed by atoms with Crippen LogP contribution >= 0.6 is 0 Å². The average molecular weight is 1920 g/mol. The lowest BCUT2D eigenvalue weighted by Crippen LogP contribution is -2.13. The van der Waals surface area contributed by atoms with Crippen LogP contribution in [0.15, 0.2) is 486 Å². The van der Waals surface area contributed by atoms with Gasteiger partial charge in [-0.1, -0.05) is 261 Å². The third kappa shape index (κ3) is 14.2. The van der Waals surface area contributed by atoms with E-state index >= 15 is 8.78 Å². The number of pyridine rings is 5. The summed E-state index contributed by atoms with van der Waals surface area (Å²) in [5.41, 5.74) is 25.3. The number of fused-ring (bicyclic) bond motifs is 12. The van der Waals surface area contributed by atoms with Gasteiger partial charge in [0.2, 0.25) is 0 Å². The van der Waals surface area contributed by atoms with Gasteiger partial charge in [-0.3, -0.25) is 19.9 Å². The lowest BCUT2D eigenvalue weighted by atomic mass is 9.88. The van der Waals surface area contributed by atoms with E-state index in [4.69, 9.17) is 15.0 Å². The Hall–Kier alpha value is -19.8. The van der Waals surface area contributed by atoms with E-state index in [-0.39, 0.29) is 11.5 Å². The van der Waals surface area contributed by atoms with E-state index in [0.29, 0.717) is 17.1 Å². The van der Waals surface area contributed by atoms with Crippen molar-refractivity contribution in [3.05, 3.63) is 515 Å². The van der Waals surface area contributed by atoms with Gasteiger partial charge in [-0.25, -0.2) is 27.5 Å². The molecule has 0 aliphatic heterocycles. The summed E-state index contributed by atoms with van der Waals surface area (Å²) >= 11 is 0. The van der Waals surface area contributed by atoms with Gasteiger partial charge in [-0.15, -0.1) is 0 Å². The Kier molecular flexibility index (Phi) is 20.7. The first-order valence-electron chi connectivity index (χ1n) is 49.7. The van der Waals surface area contributed by atoms with Crippen LogP contribution in [0, 0.1) is 30.2 Å². The van der Waals surface area contributed by atoms with E-state index < -0.39 is 17.5 Å². The summed E-state index contributed by atoms with van der Waals surface area (Å²) in [5.74, 6) is -2.60. The summed E-state index contributed by atoms with van der Waals surface area (Å²) in [4.78, 5) is 29.7. The number of rotatable bonds is 15. The zero-order chi connectivity index (χ0) is 99.2. The summed E-state index contributed by atoms with van der Waals surface area (Å²) in [6.45, 7) is 2.06. The van der Waals surface area contributed by atoms with Crippen LogP contribution in [0.4, 0.5) is 69.0 Å². The fourth-order valence-corrected chi connectivity index (χ4v) is 23.2. The maximum Gasteiger partial charge on any atom is 0.196 e. The van der Waals surface area contributed by atoms with Gasteiger partial charge in [0, 0.05) is 92.6 Å². The largest absolute Gasteiger partial charge is 0.308 e. The van der Waals surface area contributed by atoms with Crippen molar-refractivity contribution in [3.8, 4) is 50.4 Å². The van der Waals surface area contributed by atoms with Crippen molar-refractivity contribution < 1.29 is 17.6 Å². The minimum Gasteiger partial charge on any atom is -0.308 e. The molecule has 30 rings (SSSR count). The van der Waals surface area contributed by atoms with E-state index in [1.807, 2.05) is 169 Å². The number of hydrogen-bond donors (Lipinski definition) is 0. The summed E-state index contributed by atoms with van der Waals surface area (Å²) in [6, 6.07) is 154. The predicted octanol–water partition coefficient (Wildman–Crippen LogP) is 36.3. The Morgan fingerprint density at radius 1 is 0.201 bits per heavy atom. The minimum absolute atomic E-state index is 0.0787. The van der Waals surface area contributed by atoms with E-state index in [9.17, 15) is 8.78 Å². The molecule has 0 aliphatic rings. The maximum atomic E-state index is 15.3. The molecular formula is C134H83F4N11. The molecular weight excluding hydrogens is 1840 g/mol. The number of nitrogens with zero attached hydrogens (tertiary/aromatic N) is 11. The fourth-order valence-electron chi connectivity index (χ4n) is 23.2. The van der Waals surface area contributed by atoms with Crippen molar-refractivity contribution >= 4 is 214 Å². The molecule has 0 atom stereocenters. The Balaban J connectivity index is 0.000000108. The molecule has 702 valence electrons. The second kappa shape index (κ2) is 35.4. The van der Waals surface area contributed by atoms with Gasteiger partial charge in [-0.05, 0) is 337 Å². The molecule has 15 heteroatoms. The third-order valence-corrected chi connectivity index (χ3v) is 29.6. The molecule has 0 saturated heterocycles. The van der Waals surface area contributed by atoms with Crippen molar-refractivity contribution in [1.82, 2.24) is 38.6 Å². The molecule has 0 N–H and O–H groups in total. The van der Waals surface area contributed by atoms with Gasteiger partial charge in [0.05, 0.1) is 61.0 Å². The molecule has 8 heterocycles. The highest BCUT2D eigenvalue weighted by Gasteiger charge is 2.29. The number of benzene rings is 22. The quantitative estimate of drug-likeness (QED) is 0.0570. The lowest BCUT2D eigenvalue weighted by molar-refractivity contribution is 0.448. The van der Waals surface area contributed by atoms with Crippen LogP contribution < -0.4 is 14.7 Å². The summed E-state index contributed by atoms with van der Waals surface area (Å²) in [5, 5.41) is 25.3. The zero-order valence-corrected chi connectivity index (χ0v) is 80.1. The van der Waals surface area contributed by atoms with Gasteiger partial charge in [-0.2, -0.15) is 0 Å². The Morgan fingerprint density at radius 3 is 0.913 bits per heavy atom. The van der Waals surface area contributed by atoms with E-state index in [1.165, 1.54) is 109 Å². The lowest BCUT2D eigenvalue weighted by Gasteiger charge is -2.27. The van der Waals surface area contributed by atoms with Crippen LogP contribution in [-0.4, -0.2) is 38.6 Å². The molecule has 0 radical (unpaired) electrons. The number of hydrogen-bond acceptors (Lipinski definition) is 8. The highest BCUT2D eigenvalue weighted by Crippen LogP contribution is 2.52. The van der Waals surface area contributed by atoms with Crippen LogP contribution in [0.3, 0.4) is 0 Å². The van der Waals surface area contributed by atoms with Crippen LogP contribution in [0.25, 0.3) is 213 Å². The van der Waals surface area contributed by atoms with Crippen molar-refractivity contribution in [2.24, 2.45) is 0 Å². The van der Waals surface area contributed by atoms with Gasteiger partial charge in [0.1, 0.15) is 17.5 Å². The molecule has 22 aromatic carbocycles. The van der Waals surface area contributed by atoms with Crippen molar-refractivity contribution in [1.29, 1.82) is 0 Å². The molecule has 0 amide bonds. The molecule has 0 saturated carbocycles. The average Bonchev–Trinajstić information content (AvgIpc) is 1.40. The molecule has 0 spiro atoms. The Labute approximate surface area is 851 Å². The van der Waals surface area contributed by atoms with Crippen molar-refractivity contribution in [2.45, 2.75) is 6.92 Å². The zero-order valence-electron chi connectivity index (χ0n) is 80.1. The number of anilines is 9. The monoisotopic (exact) mass is 1920 g/mol. The smallest absolute Gasteiger partial charge is 0.196 e. The Bertz CT molecular complexity index is 10400. The van der Waals surface area contributed by atoms with Crippen LogP contribution in [-0.2, 0) is 0 Å². The van der Waals surface area contributed by atoms with E-state index in [2.05, 4.69) is 321 Å². The predicted molar refractivity (Wildman–Crippen MR) is 607 cm³/mol. The highest BCUT2D eigenvalue weighted by atomic mass is 19.2. The topological polar surface area (TPSA) is 89.0 Å². The first kappa shape index (κ1) is 87.1. The minimum atomic E-state index is -1.50. The third-order valence-electron chi connectivity index (χ3n) is 29.6. The van der Waals surface area contributed by atoms with Crippen LogP contribution in [0.5, 0.6) is 0 Å². The number of para-hydroxylation sites is 6. The fraction of sp³-hybridized carbons (Fsp3) is 0.00746. The van der Waals surface area contributed by atoms with Gasteiger partial charge in [0.25, 0.3) is 0 Å². The van der Waals surface area contributed by atoms with Crippen molar-refractivity contribution in [2.75, 3.05) is 14.7 Å².